The maximum Gasteiger partial charge on any atom is 0.254 e. The molecule has 3 aromatic carbocycles. The van der Waals surface area contributed by atoms with Crippen LogP contribution in [0.5, 0.6) is 5.75 Å². The number of nitrogens with zero attached hydrogens (tertiary/aromatic N) is 1. The van der Waals surface area contributed by atoms with Crippen LogP contribution >= 0.6 is 11.8 Å². The number of rotatable bonds is 8. The van der Waals surface area contributed by atoms with E-state index in [0.29, 0.717) is 38.9 Å². The summed E-state index contributed by atoms with van der Waals surface area (Å²) in [4.78, 5) is 26.2. The molecule has 1 heterocycles. The number of nitriles is 1. The Morgan fingerprint density at radius 3 is 2.25 bits per heavy atom. The summed E-state index contributed by atoms with van der Waals surface area (Å²) in [6.07, 6.45) is 0. The highest BCUT2D eigenvalue weighted by Gasteiger charge is 2.35. The molecule has 0 aliphatic carbocycles. The average molecular weight is 496 g/mol. The summed E-state index contributed by atoms with van der Waals surface area (Å²) in [5.74, 6) is -0.118. The first kappa shape index (κ1) is 24.8. The number of allylic oxidation sites excluding steroid dienone is 2. The van der Waals surface area contributed by atoms with Crippen molar-refractivity contribution >= 4 is 29.1 Å². The number of methoxy groups -OCH3 is 1. The lowest BCUT2D eigenvalue weighted by molar-refractivity contribution is -0.113. The van der Waals surface area contributed by atoms with Crippen LogP contribution < -0.4 is 15.4 Å². The van der Waals surface area contributed by atoms with Gasteiger partial charge in [0.05, 0.1) is 35.5 Å². The number of ketones is 1. The highest BCUT2D eigenvalue weighted by molar-refractivity contribution is 8.03. The molecule has 0 fully saturated rings. The van der Waals surface area contributed by atoms with Gasteiger partial charge >= 0.3 is 0 Å². The monoisotopic (exact) mass is 495 g/mol. The Labute approximate surface area is 214 Å². The van der Waals surface area contributed by atoms with Crippen molar-refractivity contribution in [2.45, 2.75) is 12.8 Å². The number of anilines is 1. The Morgan fingerprint density at radius 1 is 1.00 bits per heavy atom. The number of benzene rings is 3. The smallest absolute Gasteiger partial charge is 0.254 e. The van der Waals surface area contributed by atoms with E-state index in [-0.39, 0.29) is 17.4 Å². The minimum absolute atomic E-state index is 0.0394. The number of para-hydroxylation sites is 1. The van der Waals surface area contributed by atoms with Crippen molar-refractivity contribution in [2.24, 2.45) is 0 Å². The molecular weight excluding hydrogens is 470 g/mol. The number of Topliss-reactive ketones (excluding diaryl/α,β-unsaturated/α-hetero) is 1. The van der Waals surface area contributed by atoms with Crippen molar-refractivity contribution in [2.75, 3.05) is 18.2 Å². The Morgan fingerprint density at radius 2 is 1.64 bits per heavy atom. The Kier molecular flexibility index (Phi) is 7.89. The van der Waals surface area contributed by atoms with Crippen LogP contribution in [0.15, 0.2) is 107 Å². The second-order valence-electron chi connectivity index (χ2n) is 8.12. The Balaban J connectivity index is 1.69. The average Bonchev–Trinajstić information content (AvgIpc) is 2.92. The number of hydrogen-bond acceptors (Lipinski definition) is 6. The molecule has 36 heavy (non-hydrogen) atoms. The normalized spacial score (nSPS) is 15.1. The zero-order valence-corrected chi connectivity index (χ0v) is 20.8. The highest BCUT2D eigenvalue weighted by atomic mass is 32.2. The predicted octanol–water partition coefficient (Wildman–Crippen LogP) is 5.65. The number of ether oxygens (including phenoxy) is 1. The SMILES string of the molecule is COc1ccc([C@H]2C(C#N)=C(SCC(=O)c3ccccc3)NC(C)=C2C(=O)Nc2ccccc2)cc1. The zero-order valence-electron chi connectivity index (χ0n) is 19.9. The van der Waals surface area contributed by atoms with Gasteiger partial charge in [0.2, 0.25) is 0 Å². The summed E-state index contributed by atoms with van der Waals surface area (Å²) in [5, 5.41) is 17.0. The molecule has 6 nitrogen and oxygen atoms in total. The van der Waals surface area contributed by atoms with Gasteiger partial charge in [-0.25, -0.2) is 0 Å². The minimum Gasteiger partial charge on any atom is -0.497 e. The fourth-order valence-corrected chi connectivity index (χ4v) is 5.01. The summed E-state index contributed by atoms with van der Waals surface area (Å²) in [7, 11) is 1.58. The van der Waals surface area contributed by atoms with E-state index in [0.717, 1.165) is 5.56 Å². The molecule has 2 N–H and O–H groups in total. The molecule has 0 unspecified atom stereocenters. The molecule has 1 aliphatic rings. The van der Waals surface area contributed by atoms with Crippen LogP contribution in [0, 0.1) is 11.3 Å². The maximum absolute atomic E-state index is 13.5. The number of nitrogens with one attached hydrogen (secondary N) is 2. The van der Waals surface area contributed by atoms with Gasteiger partial charge in [-0.2, -0.15) is 5.26 Å². The van der Waals surface area contributed by atoms with Crippen molar-refractivity contribution in [3.8, 4) is 11.8 Å². The van der Waals surface area contributed by atoms with Gasteiger partial charge in [0, 0.05) is 22.5 Å². The van der Waals surface area contributed by atoms with E-state index in [2.05, 4.69) is 16.7 Å². The Bertz CT molecular complexity index is 1360. The molecule has 0 saturated heterocycles. The topological polar surface area (TPSA) is 91.2 Å². The summed E-state index contributed by atoms with van der Waals surface area (Å²) >= 11 is 1.27. The second kappa shape index (κ2) is 11.4. The van der Waals surface area contributed by atoms with Crippen molar-refractivity contribution in [3.63, 3.8) is 0 Å². The zero-order chi connectivity index (χ0) is 25.5. The van der Waals surface area contributed by atoms with Gasteiger partial charge in [0.1, 0.15) is 5.75 Å². The second-order valence-corrected chi connectivity index (χ2v) is 9.11. The van der Waals surface area contributed by atoms with E-state index >= 15 is 0 Å². The molecule has 0 radical (unpaired) electrons. The summed E-state index contributed by atoms with van der Waals surface area (Å²) < 4.78 is 5.29. The molecule has 0 bridgehead atoms. The van der Waals surface area contributed by atoms with Crippen molar-refractivity contribution in [3.05, 3.63) is 118 Å². The first-order chi connectivity index (χ1) is 17.5. The van der Waals surface area contributed by atoms with Crippen LogP contribution in [0.25, 0.3) is 0 Å². The number of hydrogen-bond donors (Lipinski definition) is 2. The third kappa shape index (κ3) is 5.51. The first-order valence-corrected chi connectivity index (χ1v) is 12.3. The van der Waals surface area contributed by atoms with E-state index in [1.54, 1.807) is 31.4 Å². The van der Waals surface area contributed by atoms with Gasteiger partial charge in [-0.05, 0) is 36.8 Å². The fraction of sp³-hybridized carbons (Fsp3) is 0.138. The number of carbonyl (C=O) groups excluding carboxylic acids is 2. The third-order valence-electron chi connectivity index (χ3n) is 5.82. The van der Waals surface area contributed by atoms with E-state index in [1.807, 2.05) is 67.6 Å². The van der Waals surface area contributed by atoms with E-state index in [4.69, 9.17) is 4.74 Å². The molecule has 1 amide bonds. The lowest BCUT2D eigenvalue weighted by atomic mass is 9.82. The fourth-order valence-electron chi connectivity index (χ4n) is 4.02. The highest BCUT2D eigenvalue weighted by Crippen LogP contribution is 2.41. The van der Waals surface area contributed by atoms with Crippen LogP contribution in [0.3, 0.4) is 0 Å². The number of amides is 1. The molecule has 4 rings (SSSR count). The molecule has 180 valence electrons. The minimum atomic E-state index is -0.611. The van der Waals surface area contributed by atoms with Crippen LogP contribution in [0.1, 0.15) is 28.8 Å². The molecule has 7 heteroatoms. The van der Waals surface area contributed by atoms with Crippen molar-refractivity contribution in [1.29, 1.82) is 5.26 Å². The van der Waals surface area contributed by atoms with E-state index < -0.39 is 5.92 Å². The largest absolute Gasteiger partial charge is 0.497 e. The lowest BCUT2D eigenvalue weighted by Crippen LogP contribution is -2.31. The van der Waals surface area contributed by atoms with Gasteiger partial charge in [-0.15, -0.1) is 0 Å². The molecule has 1 atom stereocenters. The van der Waals surface area contributed by atoms with Crippen LogP contribution in [-0.4, -0.2) is 24.6 Å². The molecule has 1 aliphatic heterocycles. The van der Waals surface area contributed by atoms with Gasteiger partial charge in [-0.3, -0.25) is 9.59 Å². The number of carbonyl (C=O) groups is 2. The standard InChI is InChI=1S/C29H25N3O3S/c1-19-26(28(34)32-22-11-7-4-8-12-22)27(21-13-15-23(35-2)16-14-21)24(17-30)29(31-19)36-18-25(33)20-9-5-3-6-10-20/h3-16,27,31H,18H2,1-2H3,(H,32,34)/t27-/m0/s1. The summed E-state index contributed by atoms with van der Waals surface area (Å²) in [6.45, 7) is 1.81. The molecule has 0 saturated carbocycles. The molecule has 0 spiro atoms. The number of dihydropyridines is 1. The van der Waals surface area contributed by atoms with Crippen LogP contribution in [0.2, 0.25) is 0 Å². The lowest BCUT2D eigenvalue weighted by Gasteiger charge is -2.30. The van der Waals surface area contributed by atoms with Gasteiger partial charge < -0.3 is 15.4 Å². The van der Waals surface area contributed by atoms with Crippen molar-refractivity contribution < 1.29 is 14.3 Å². The summed E-state index contributed by atoms with van der Waals surface area (Å²) in [6, 6.07) is 27.8. The van der Waals surface area contributed by atoms with Crippen LogP contribution in [-0.2, 0) is 4.79 Å². The first-order valence-electron chi connectivity index (χ1n) is 11.3. The quantitative estimate of drug-likeness (QED) is 0.393. The van der Waals surface area contributed by atoms with Crippen LogP contribution in [0.4, 0.5) is 5.69 Å². The number of thioether (sulfide) groups is 1. The van der Waals surface area contributed by atoms with E-state index in [9.17, 15) is 14.9 Å². The van der Waals surface area contributed by atoms with Gasteiger partial charge in [0.25, 0.3) is 5.91 Å². The summed E-state index contributed by atoms with van der Waals surface area (Å²) in [5.41, 5.74) is 3.50. The van der Waals surface area contributed by atoms with Gasteiger partial charge in [0.15, 0.2) is 5.78 Å². The van der Waals surface area contributed by atoms with Crippen molar-refractivity contribution in [1.82, 2.24) is 5.32 Å². The Hall–Kier alpha value is -4.28. The predicted molar refractivity (Wildman–Crippen MR) is 143 cm³/mol. The molecule has 3 aromatic rings. The maximum atomic E-state index is 13.5. The van der Waals surface area contributed by atoms with Gasteiger partial charge in [-0.1, -0.05) is 72.4 Å². The van der Waals surface area contributed by atoms with E-state index in [1.165, 1.54) is 11.8 Å². The third-order valence-corrected chi connectivity index (χ3v) is 6.83. The molecule has 0 aromatic heterocycles. The molecular formula is C29H25N3O3S.